The molecule has 3 N–H and O–H groups in total. The molecule has 6 heteroatoms. The predicted molar refractivity (Wildman–Crippen MR) is 104 cm³/mol. The zero-order valence-corrected chi connectivity index (χ0v) is 15.5. The van der Waals surface area contributed by atoms with Gasteiger partial charge in [-0.3, -0.25) is 0 Å². The van der Waals surface area contributed by atoms with Crippen LogP contribution in [0.15, 0.2) is 41.0 Å². The quantitative estimate of drug-likeness (QED) is 0.485. The molecule has 0 aromatic carbocycles. The Bertz CT molecular complexity index is 917. The maximum absolute atomic E-state index is 6.37. The normalized spacial score (nSPS) is 20.3. The van der Waals surface area contributed by atoms with Crippen molar-refractivity contribution in [3.8, 4) is 0 Å². The van der Waals surface area contributed by atoms with Crippen LogP contribution in [0.25, 0.3) is 10.2 Å². The van der Waals surface area contributed by atoms with E-state index in [4.69, 9.17) is 21.8 Å². The van der Waals surface area contributed by atoms with Gasteiger partial charge >= 0.3 is 0 Å². The number of nitrogens with one attached hydrogen (secondary N) is 1. The summed E-state index contributed by atoms with van der Waals surface area (Å²) in [5.41, 5.74) is 9.53. The van der Waals surface area contributed by atoms with Gasteiger partial charge in [0.2, 0.25) is 0 Å². The lowest BCUT2D eigenvalue weighted by Crippen LogP contribution is -2.29. The van der Waals surface area contributed by atoms with E-state index in [1.807, 2.05) is 18.2 Å². The van der Waals surface area contributed by atoms with Gasteiger partial charge in [-0.25, -0.2) is 4.98 Å². The van der Waals surface area contributed by atoms with Crippen molar-refractivity contribution in [3.63, 3.8) is 0 Å². The SMILES string of the molecule is Cc1c([C@@H]2CC=CC[C@H]2N)sc2c(NCc3ccco3)cc(Cl)nc12. The van der Waals surface area contributed by atoms with Crippen molar-refractivity contribution in [2.45, 2.75) is 38.3 Å². The summed E-state index contributed by atoms with van der Waals surface area (Å²) in [6, 6.07) is 5.88. The number of thiophene rings is 1. The smallest absolute Gasteiger partial charge is 0.131 e. The Morgan fingerprint density at radius 1 is 1.40 bits per heavy atom. The Balaban J connectivity index is 1.73. The van der Waals surface area contributed by atoms with Gasteiger partial charge in [-0.05, 0) is 37.5 Å². The van der Waals surface area contributed by atoms with Crippen LogP contribution in [-0.2, 0) is 6.54 Å². The average Bonchev–Trinajstić information content (AvgIpc) is 3.22. The first-order valence-electron chi connectivity index (χ1n) is 8.40. The third-order valence-electron chi connectivity index (χ3n) is 4.73. The highest BCUT2D eigenvalue weighted by molar-refractivity contribution is 7.20. The minimum Gasteiger partial charge on any atom is -0.467 e. The minimum atomic E-state index is 0.159. The van der Waals surface area contributed by atoms with E-state index in [1.165, 1.54) is 10.4 Å². The Morgan fingerprint density at radius 2 is 2.24 bits per heavy atom. The van der Waals surface area contributed by atoms with E-state index in [1.54, 1.807) is 17.6 Å². The van der Waals surface area contributed by atoms with Crippen LogP contribution >= 0.6 is 22.9 Å². The lowest BCUT2D eigenvalue weighted by Gasteiger charge is -2.24. The molecule has 0 saturated heterocycles. The van der Waals surface area contributed by atoms with E-state index in [0.29, 0.717) is 17.6 Å². The third-order valence-corrected chi connectivity index (χ3v) is 6.37. The van der Waals surface area contributed by atoms with E-state index in [9.17, 15) is 0 Å². The molecule has 0 amide bonds. The number of fused-ring (bicyclic) bond motifs is 1. The molecule has 0 unspecified atom stereocenters. The molecule has 4 rings (SSSR count). The van der Waals surface area contributed by atoms with Crippen LogP contribution in [-0.4, -0.2) is 11.0 Å². The second-order valence-corrected chi connectivity index (χ2v) is 7.85. The largest absolute Gasteiger partial charge is 0.467 e. The van der Waals surface area contributed by atoms with Gasteiger partial charge in [0.05, 0.1) is 28.7 Å². The molecule has 1 aliphatic rings. The molecule has 0 bridgehead atoms. The van der Waals surface area contributed by atoms with Gasteiger partial charge in [-0.2, -0.15) is 0 Å². The number of allylic oxidation sites excluding steroid dienone is 1. The summed E-state index contributed by atoms with van der Waals surface area (Å²) in [7, 11) is 0. The first kappa shape index (κ1) is 16.6. The van der Waals surface area contributed by atoms with E-state index >= 15 is 0 Å². The van der Waals surface area contributed by atoms with Crippen LogP contribution in [0.1, 0.15) is 35.0 Å². The van der Waals surface area contributed by atoms with Gasteiger partial charge in [0.1, 0.15) is 10.9 Å². The van der Waals surface area contributed by atoms with Gasteiger partial charge in [0.15, 0.2) is 0 Å². The van der Waals surface area contributed by atoms with E-state index in [2.05, 4.69) is 29.4 Å². The zero-order valence-electron chi connectivity index (χ0n) is 14.0. The molecule has 2 atom stereocenters. The van der Waals surface area contributed by atoms with Crippen molar-refractivity contribution in [2.24, 2.45) is 5.73 Å². The van der Waals surface area contributed by atoms with Crippen LogP contribution in [0.4, 0.5) is 5.69 Å². The molecule has 0 saturated carbocycles. The van der Waals surface area contributed by atoms with Gasteiger partial charge in [-0.1, -0.05) is 23.8 Å². The predicted octanol–water partition coefficient (Wildman–Crippen LogP) is 5.22. The van der Waals surface area contributed by atoms with Crippen molar-refractivity contribution in [1.82, 2.24) is 4.98 Å². The molecular weight excluding hydrogens is 354 g/mol. The number of nitrogens with two attached hydrogens (primary N) is 1. The molecule has 3 aromatic rings. The lowest BCUT2D eigenvalue weighted by atomic mass is 9.87. The van der Waals surface area contributed by atoms with E-state index in [0.717, 1.165) is 34.5 Å². The molecule has 0 spiro atoms. The summed E-state index contributed by atoms with van der Waals surface area (Å²) in [5.74, 6) is 1.23. The molecule has 25 heavy (non-hydrogen) atoms. The molecule has 130 valence electrons. The van der Waals surface area contributed by atoms with Crippen LogP contribution in [0, 0.1) is 6.92 Å². The summed E-state index contributed by atoms with van der Waals surface area (Å²) in [4.78, 5) is 5.90. The monoisotopic (exact) mass is 373 g/mol. The molecule has 1 aliphatic carbocycles. The number of hydrogen-bond acceptors (Lipinski definition) is 5. The summed E-state index contributed by atoms with van der Waals surface area (Å²) in [6.07, 6.45) is 8.00. The fraction of sp³-hybridized carbons (Fsp3) is 0.316. The van der Waals surface area contributed by atoms with Crippen molar-refractivity contribution in [2.75, 3.05) is 5.32 Å². The molecule has 3 heterocycles. The van der Waals surface area contributed by atoms with Gasteiger partial charge in [0.25, 0.3) is 0 Å². The number of furan rings is 1. The summed E-state index contributed by atoms with van der Waals surface area (Å²) in [6.45, 7) is 2.74. The number of aryl methyl sites for hydroxylation is 1. The Labute approximate surface area is 155 Å². The number of pyridine rings is 1. The van der Waals surface area contributed by atoms with Crippen molar-refractivity contribution < 1.29 is 4.42 Å². The summed E-state index contributed by atoms with van der Waals surface area (Å²) in [5, 5.41) is 3.93. The van der Waals surface area contributed by atoms with Crippen LogP contribution in [0.3, 0.4) is 0 Å². The standard InChI is InChI=1S/C19H20ClN3OS/c1-11-17-19(25-18(11)13-6-2-3-7-14(13)21)15(9-16(20)23-17)22-10-12-5-4-8-24-12/h2-5,8-9,13-14H,6-7,10,21H2,1H3,(H,22,23)/t13-,14-/m1/s1. The average molecular weight is 374 g/mol. The van der Waals surface area contributed by atoms with Crippen molar-refractivity contribution in [3.05, 3.63) is 58.0 Å². The zero-order chi connectivity index (χ0) is 17.4. The highest BCUT2D eigenvalue weighted by Crippen LogP contribution is 2.42. The molecule has 0 radical (unpaired) electrons. The number of rotatable bonds is 4. The third kappa shape index (κ3) is 3.19. The van der Waals surface area contributed by atoms with E-state index < -0.39 is 0 Å². The topological polar surface area (TPSA) is 64.1 Å². The molecule has 3 aromatic heterocycles. The molecule has 0 fully saturated rings. The van der Waals surface area contributed by atoms with Crippen LogP contribution in [0.5, 0.6) is 0 Å². The number of anilines is 1. The van der Waals surface area contributed by atoms with Crippen molar-refractivity contribution in [1.29, 1.82) is 0 Å². The van der Waals surface area contributed by atoms with Crippen LogP contribution in [0.2, 0.25) is 5.15 Å². The molecular formula is C19H20ClN3OS. The van der Waals surface area contributed by atoms with Gasteiger partial charge in [-0.15, -0.1) is 11.3 Å². The van der Waals surface area contributed by atoms with Crippen molar-refractivity contribution >= 4 is 38.8 Å². The number of hydrogen-bond donors (Lipinski definition) is 2. The Morgan fingerprint density at radius 3 is 3.00 bits per heavy atom. The number of aromatic nitrogens is 1. The second kappa shape index (κ2) is 6.83. The lowest BCUT2D eigenvalue weighted by molar-refractivity contribution is 0.518. The van der Waals surface area contributed by atoms with Gasteiger partial charge in [0, 0.05) is 22.9 Å². The van der Waals surface area contributed by atoms with Gasteiger partial charge < -0.3 is 15.5 Å². The number of nitrogens with zero attached hydrogens (tertiary/aromatic N) is 1. The minimum absolute atomic E-state index is 0.159. The summed E-state index contributed by atoms with van der Waals surface area (Å²) >= 11 is 8.05. The first-order chi connectivity index (χ1) is 12.1. The Kier molecular flexibility index (Phi) is 4.54. The molecule has 4 nitrogen and oxygen atoms in total. The first-order valence-corrected chi connectivity index (χ1v) is 9.59. The van der Waals surface area contributed by atoms with E-state index in [-0.39, 0.29) is 6.04 Å². The Hall–Kier alpha value is -1.82. The summed E-state index contributed by atoms with van der Waals surface area (Å²) < 4.78 is 6.53. The second-order valence-electron chi connectivity index (χ2n) is 6.41. The maximum Gasteiger partial charge on any atom is 0.131 e. The van der Waals surface area contributed by atoms with Crippen LogP contribution < -0.4 is 11.1 Å². The molecule has 0 aliphatic heterocycles. The fourth-order valence-electron chi connectivity index (χ4n) is 3.38. The fourth-order valence-corrected chi connectivity index (χ4v) is 5.00. The highest BCUT2D eigenvalue weighted by Gasteiger charge is 2.26. The maximum atomic E-state index is 6.37. The highest BCUT2D eigenvalue weighted by atomic mass is 35.5. The number of halogens is 1.